The van der Waals surface area contributed by atoms with E-state index in [9.17, 15) is 4.79 Å². The summed E-state index contributed by atoms with van der Waals surface area (Å²) in [5.41, 5.74) is 3.25. The van der Waals surface area contributed by atoms with Crippen molar-refractivity contribution >= 4 is 6.09 Å². The molecule has 2 aliphatic rings. The first-order valence-electron chi connectivity index (χ1n) is 7.23. The first kappa shape index (κ1) is 13.5. The second kappa shape index (κ2) is 3.99. The van der Waals surface area contributed by atoms with Crippen LogP contribution in [0, 0.1) is 6.92 Å². The summed E-state index contributed by atoms with van der Waals surface area (Å²) in [5, 5.41) is 4.53. The highest BCUT2D eigenvalue weighted by molar-refractivity contribution is 5.69. The zero-order chi connectivity index (χ0) is 14.7. The van der Waals surface area contributed by atoms with Crippen LogP contribution in [-0.4, -0.2) is 32.9 Å². The van der Waals surface area contributed by atoms with Crippen molar-refractivity contribution in [3.63, 3.8) is 0 Å². The fourth-order valence-electron chi connectivity index (χ4n) is 3.24. The van der Waals surface area contributed by atoms with Crippen LogP contribution in [0.25, 0.3) is 0 Å². The van der Waals surface area contributed by atoms with Gasteiger partial charge < -0.3 is 9.64 Å². The molecule has 2 heterocycles. The lowest BCUT2D eigenvalue weighted by Crippen LogP contribution is -2.44. The molecule has 1 aliphatic carbocycles. The van der Waals surface area contributed by atoms with Crippen molar-refractivity contribution in [3.8, 4) is 0 Å². The molecule has 0 radical (unpaired) electrons. The maximum Gasteiger partial charge on any atom is 0.410 e. The zero-order valence-corrected chi connectivity index (χ0v) is 13.0. The van der Waals surface area contributed by atoms with Crippen molar-refractivity contribution in [1.29, 1.82) is 0 Å². The molecule has 1 amide bonds. The molecular weight excluding hydrogens is 254 g/mol. The van der Waals surface area contributed by atoms with Crippen LogP contribution in [0.5, 0.6) is 0 Å². The Morgan fingerprint density at radius 2 is 2.00 bits per heavy atom. The molecule has 0 bridgehead atoms. The van der Waals surface area contributed by atoms with Gasteiger partial charge >= 0.3 is 6.09 Å². The fourth-order valence-corrected chi connectivity index (χ4v) is 3.24. The number of nitrogens with zero attached hydrogens (tertiary/aromatic N) is 3. The molecule has 1 aromatic heterocycles. The van der Waals surface area contributed by atoms with Crippen LogP contribution in [0.1, 0.15) is 50.6 Å². The Morgan fingerprint density at radius 3 is 2.55 bits per heavy atom. The minimum absolute atomic E-state index is 0.125. The third-order valence-corrected chi connectivity index (χ3v) is 4.20. The van der Waals surface area contributed by atoms with Gasteiger partial charge in [-0.3, -0.25) is 4.68 Å². The van der Waals surface area contributed by atoms with Crippen LogP contribution in [0.3, 0.4) is 0 Å². The summed E-state index contributed by atoms with van der Waals surface area (Å²) in [4.78, 5) is 14.2. The second-order valence-corrected chi connectivity index (χ2v) is 7.15. The molecule has 1 aromatic rings. The van der Waals surface area contributed by atoms with Gasteiger partial charge in [-0.2, -0.15) is 5.10 Å². The van der Waals surface area contributed by atoms with Gasteiger partial charge in [0, 0.05) is 24.6 Å². The number of hydrogen-bond acceptors (Lipinski definition) is 3. The molecule has 0 atom stereocenters. The molecule has 1 saturated carbocycles. The van der Waals surface area contributed by atoms with Crippen LogP contribution in [0.15, 0.2) is 0 Å². The zero-order valence-electron chi connectivity index (χ0n) is 13.0. The summed E-state index contributed by atoms with van der Waals surface area (Å²) in [6, 6.07) is 0. The number of aromatic nitrogens is 2. The third-order valence-electron chi connectivity index (χ3n) is 4.20. The number of ether oxygens (including phenoxy) is 1. The average Bonchev–Trinajstić information content (AvgIpc) is 2.98. The molecule has 1 spiro atoms. The quantitative estimate of drug-likeness (QED) is 0.732. The Kier molecular flexibility index (Phi) is 2.69. The van der Waals surface area contributed by atoms with Crippen LogP contribution in [0.4, 0.5) is 4.79 Å². The van der Waals surface area contributed by atoms with Gasteiger partial charge in [0.1, 0.15) is 5.60 Å². The Morgan fingerprint density at radius 1 is 1.35 bits per heavy atom. The summed E-state index contributed by atoms with van der Waals surface area (Å²) in [6.45, 7) is 9.11. The number of fused-ring (bicyclic) bond motifs is 2. The molecule has 5 heteroatoms. The number of amides is 1. The fraction of sp³-hybridized carbons (Fsp3) is 0.733. The largest absolute Gasteiger partial charge is 0.444 e. The lowest BCUT2D eigenvalue weighted by molar-refractivity contribution is 0.0194. The van der Waals surface area contributed by atoms with Gasteiger partial charge in [-0.15, -0.1) is 0 Å². The second-order valence-electron chi connectivity index (χ2n) is 7.15. The predicted octanol–water partition coefficient (Wildman–Crippen LogP) is 2.51. The van der Waals surface area contributed by atoms with E-state index in [0.717, 1.165) is 25.1 Å². The van der Waals surface area contributed by atoms with E-state index in [1.807, 2.05) is 44.3 Å². The Hall–Kier alpha value is -1.52. The number of hydrogen-bond donors (Lipinski definition) is 0. The highest BCUT2D eigenvalue weighted by Gasteiger charge is 2.53. The van der Waals surface area contributed by atoms with E-state index in [4.69, 9.17) is 4.74 Å². The van der Waals surface area contributed by atoms with E-state index in [2.05, 4.69) is 5.10 Å². The molecule has 1 fully saturated rings. The van der Waals surface area contributed by atoms with Gasteiger partial charge in [0.05, 0.1) is 17.9 Å². The van der Waals surface area contributed by atoms with E-state index < -0.39 is 5.60 Å². The van der Waals surface area contributed by atoms with Crippen molar-refractivity contribution in [1.82, 2.24) is 14.7 Å². The number of carbonyl (C=O) groups is 1. The van der Waals surface area contributed by atoms with Crippen LogP contribution in [-0.2, 0) is 23.7 Å². The van der Waals surface area contributed by atoms with Gasteiger partial charge in [-0.25, -0.2) is 4.79 Å². The van der Waals surface area contributed by atoms with E-state index in [-0.39, 0.29) is 11.5 Å². The van der Waals surface area contributed by atoms with Gasteiger partial charge in [-0.05, 0) is 40.5 Å². The number of carbonyl (C=O) groups excluding carboxylic acids is 1. The maximum atomic E-state index is 12.3. The lowest BCUT2D eigenvalue weighted by atomic mass is 9.92. The van der Waals surface area contributed by atoms with E-state index in [1.54, 1.807) is 0 Å². The van der Waals surface area contributed by atoms with E-state index >= 15 is 0 Å². The minimum atomic E-state index is -0.446. The maximum absolute atomic E-state index is 12.3. The van der Waals surface area contributed by atoms with E-state index in [0.29, 0.717) is 6.54 Å². The van der Waals surface area contributed by atoms with Crippen molar-refractivity contribution in [3.05, 3.63) is 17.0 Å². The van der Waals surface area contributed by atoms with E-state index in [1.165, 1.54) is 11.3 Å². The van der Waals surface area contributed by atoms with Crippen molar-refractivity contribution in [2.45, 2.75) is 58.1 Å². The summed E-state index contributed by atoms with van der Waals surface area (Å²) >= 11 is 0. The molecule has 0 unspecified atom stereocenters. The molecule has 0 saturated heterocycles. The molecule has 1 aliphatic heterocycles. The van der Waals surface area contributed by atoms with Crippen molar-refractivity contribution < 1.29 is 9.53 Å². The lowest BCUT2D eigenvalue weighted by Gasteiger charge is -2.34. The molecule has 110 valence electrons. The number of rotatable bonds is 0. The van der Waals surface area contributed by atoms with Crippen molar-refractivity contribution in [2.75, 3.05) is 6.54 Å². The molecule has 3 rings (SSSR count). The standard InChI is InChI=1S/C15H23N3O2/c1-10-11-8-18(13(19)20-14(2,3)4)9-15(6-7-15)12(11)17(5)16-10/h6-9H2,1-5H3. The topological polar surface area (TPSA) is 47.4 Å². The number of aryl methyl sites for hydroxylation is 2. The van der Waals surface area contributed by atoms with Crippen LogP contribution < -0.4 is 0 Å². The first-order valence-corrected chi connectivity index (χ1v) is 7.23. The summed E-state index contributed by atoms with van der Waals surface area (Å²) in [6.07, 6.45) is 2.06. The van der Waals surface area contributed by atoms with Gasteiger partial charge in [0.15, 0.2) is 0 Å². The Balaban J connectivity index is 1.89. The molecule has 0 N–H and O–H groups in total. The smallest absolute Gasteiger partial charge is 0.410 e. The molecular formula is C15H23N3O2. The summed E-state index contributed by atoms with van der Waals surface area (Å²) < 4.78 is 7.52. The third kappa shape index (κ3) is 2.09. The van der Waals surface area contributed by atoms with Gasteiger partial charge in [0.25, 0.3) is 0 Å². The van der Waals surface area contributed by atoms with Gasteiger partial charge in [-0.1, -0.05) is 0 Å². The van der Waals surface area contributed by atoms with Gasteiger partial charge in [0.2, 0.25) is 0 Å². The highest BCUT2D eigenvalue weighted by atomic mass is 16.6. The van der Waals surface area contributed by atoms with Crippen LogP contribution in [0.2, 0.25) is 0 Å². The Bertz CT molecular complexity index is 564. The Labute approximate surface area is 119 Å². The summed E-state index contributed by atoms with van der Waals surface area (Å²) in [5.74, 6) is 0. The molecule has 20 heavy (non-hydrogen) atoms. The molecule has 0 aromatic carbocycles. The highest BCUT2D eigenvalue weighted by Crippen LogP contribution is 2.52. The first-order chi connectivity index (χ1) is 9.22. The minimum Gasteiger partial charge on any atom is -0.444 e. The van der Waals surface area contributed by atoms with Crippen LogP contribution >= 0.6 is 0 Å². The molecule has 5 nitrogen and oxygen atoms in total. The average molecular weight is 277 g/mol. The predicted molar refractivity (Wildman–Crippen MR) is 75.5 cm³/mol. The van der Waals surface area contributed by atoms with Crippen molar-refractivity contribution in [2.24, 2.45) is 7.05 Å². The normalized spacial score (nSPS) is 19.9. The summed E-state index contributed by atoms with van der Waals surface area (Å²) in [7, 11) is 2.01. The SMILES string of the molecule is Cc1nn(C)c2c1CN(C(=O)OC(C)(C)C)CC21CC1. The monoisotopic (exact) mass is 277 g/mol.